The Balaban J connectivity index is 2.74. The highest BCUT2D eigenvalue weighted by Crippen LogP contribution is 2.12. The van der Waals surface area contributed by atoms with Gasteiger partial charge >= 0.3 is 0 Å². The van der Waals surface area contributed by atoms with E-state index in [9.17, 15) is 9.90 Å². The molecule has 1 rings (SSSR count). The number of hydrogen-bond donors (Lipinski definition) is 1. The lowest BCUT2D eigenvalue weighted by molar-refractivity contribution is 0.0983. The van der Waals surface area contributed by atoms with Crippen LogP contribution in [0.15, 0.2) is 18.3 Å². The Kier molecular flexibility index (Phi) is 4.43. The van der Waals surface area contributed by atoms with Crippen molar-refractivity contribution in [1.29, 1.82) is 0 Å². The average molecular weight is 222 g/mol. The van der Waals surface area contributed by atoms with Crippen LogP contribution in [-0.2, 0) is 0 Å². The van der Waals surface area contributed by atoms with Crippen LogP contribution < -0.4 is 4.90 Å². The molecule has 4 heteroatoms. The van der Waals surface area contributed by atoms with Crippen molar-refractivity contribution in [3.8, 4) is 0 Å². The summed E-state index contributed by atoms with van der Waals surface area (Å²) in [6, 6.07) is 3.57. The molecule has 1 N–H and O–H groups in total. The maximum absolute atomic E-state index is 11.4. The molecule has 1 heterocycles. The van der Waals surface area contributed by atoms with Crippen molar-refractivity contribution in [3.05, 3.63) is 24.0 Å². The first-order valence-electron chi connectivity index (χ1n) is 5.43. The molecule has 0 saturated carbocycles. The fourth-order valence-electron chi connectivity index (χ4n) is 1.46. The first-order chi connectivity index (χ1) is 7.54. The fourth-order valence-corrected chi connectivity index (χ4v) is 1.46. The quantitative estimate of drug-likeness (QED) is 0.767. The highest BCUT2D eigenvalue weighted by atomic mass is 16.3. The minimum Gasteiger partial charge on any atom is -0.392 e. The molecule has 0 spiro atoms. The second kappa shape index (κ2) is 5.61. The van der Waals surface area contributed by atoms with Crippen LogP contribution in [0.4, 0.5) is 5.69 Å². The van der Waals surface area contributed by atoms with Crippen LogP contribution in [0, 0.1) is 0 Å². The summed E-state index contributed by atoms with van der Waals surface area (Å²) in [7, 11) is 1.88. The van der Waals surface area contributed by atoms with E-state index in [2.05, 4.69) is 4.98 Å². The first kappa shape index (κ1) is 12.6. The van der Waals surface area contributed by atoms with Crippen LogP contribution in [0.25, 0.3) is 0 Å². The highest BCUT2D eigenvalue weighted by Gasteiger charge is 2.07. The molecule has 0 aliphatic heterocycles. The Morgan fingerprint density at radius 1 is 1.56 bits per heavy atom. The standard InChI is InChI=1S/C12H18N2O2/c1-4-12(16)11-6-5-10(7-13-11)14(3)8-9(2)15/h5-7,9,15H,4,8H2,1-3H3. The molecular formula is C12H18N2O2. The van der Waals surface area contributed by atoms with Crippen molar-refractivity contribution in [2.45, 2.75) is 26.4 Å². The molecule has 0 fully saturated rings. The van der Waals surface area contributed by atoms with E-state index in [-0.39, 0.29) is 11.9 Å². The summed E-state index contributed by atoms with van der Waals surface area (Å²) in [5.41, 5.74) is 1.39. The van der Waals surface area contributed by atoms with Crippen LogP contribution in [0.5, 0.6) is 0 Å². The lowest BCUT2D eigenvalue weighted by atomic mass is 10.2. The van der Waals surface area contributed by atoms with Crippen molar-refractivity contribution < 1.29 is 9.90 Å². The van der Waals surface area contributed by atoms with Crippen molar-refractivity contribution in [3.63, 3.8) is 0 Å². The lowest BCUT2D eigenvalue weighted by Crippen LogP contribution is -2.26. The molecule has 4 nitrogen and oxygen atoms in total. The van der Waals surface area contributed by atoms with E-state index in [1.807, 2.05) is 24.9 Å². The van der Waals surface area contributed by atoms with E-state index in [0.29, 0.717) is 18.7 Å². The van der Waals surface area contributed by atoms with Gasteiger partial charge in [0.05, 0.1) is 18.0 Å². The van der Waals surface area contributed by atoms with E-state index in [0.717, 1.165) is 5.69 Å². The third kappa shape index (κ3) is 3.31. The maximum atomic E-state index is 11.4. The van der Waals surface area contributed by atoms with Gasteiger partial charge in [-0.3, -0.25) is 9.78 Å². The molecule has 16 heavy (non-hydrogen) atoms. The summed E-state index contributed by atoms with van der Waals surface area (Å²) in [6.07, 6.45) is 1.74. The van der Waals surface area contributed by atoms with Crippen LogP contribution in [0.3, 0.4) is 0 Å². The van der Waals surface area contributed by atoms with Gasteiger partial charge in [0, 0.05) is 20.0 Å². The number of carbonyl (C=O) groups excluding carboxylic acids is 1. The van der Waals surface area contributed by atoms with Crippen LogP contribution in [0.1, 0.15) is 30.8 Å². The van der Waals surface area contributed by atoms with Gasteiger partial charge in [0.1, 0.15) is 5.69 Å². The molecule has 1 atom stereocenters. The van der Waals surface area contributed by atoms with Gasteiger partial charge in [-0.05, 0) is 19.1 Å². The van der Waals surface area contributed by atoms with E-state index in [1.54, 1.807) is 19.2 Å². The molecular weight excluding hydrogens is 204 g/mol. The number of anilines is 1. The summed E-state index contributed by atoms with van der Waals surface area (Å²) in [6.45, 7) is 4.10. The smallest absolute Gasteiger partial charge is 0.180 e. The van der Waals surface area contributed by atoms with Gasteiger partial charge in [-0.15, -0.1) is 0 Å². The van der Waals surface area contributed by atoms with E-state index in [1.165, 1.54) is 0 Å². The number of likely N-dealkylation sites (N-methyl/N-ethyl adjacent to an activating group) is 1. The number of ketones is 1. The molecule has 0 amide bonds. The summed E-state index contributed by atoms with van der Waals surface area (Å²) in [5, 5.41) is 9.25. The number of aliphatic hydroxyl groups is 1. The van der Waals surface area contributed by atoms with Crippen molar-refractivity contribution in [2.24, 2.45) is 0 Å². The monoisotopic (exact) mass is 222 g/mol. The number of carbonyl (C=O) groups is 1. The second-order valence-electron chi connectivity index (χ2n) is 3.91. The molecule has 0 aromatic carbocycles. The summed E-state index contributed by atoms with van der Waals surface area (Å²) < 4.78 is 0. The van der Waals surface area contributed by atoms with Gasteiger partial charge in [0.15, 0.2) is 5.78 Å². The highest BCUT2D eigenvalue weighted by molar-refractivity contribution is 5.94. The average Bonchev–Trinajstić information content (AvgIpc) is 2.27. The molecule has 1 aromatic rings. The van der Waals surface area contributed by atoms with Gasteiger partial charge < -0.3 is 10.0 Å². The number of nitrogens with zero attached hydrogens (tertiary/aromatic N) is 2. The summed E-state index contributed by atoms with van der Waals surface area (Å²) in [4.78, 5) is 17.4. The van der Waals surface area contributed by atoms with Crippen LogP contribution in [0.2, 0.25) is 0 Å². The first-order valence-corrected chi connectivity index (χ1v) is 5.43. The van der Waals surface area contributed by atoms with Gasteiger partial charge in [-0.2, -0.15) is 0 Å². The largest absolute Gasteiger partial charge is 0.392 e. The zero-order valence-electron chi connectivity index (χ0n) is 9.97. The minimum atomic E-state index is -0.387. The predicted octanol–water partition coefficient (Wildman–Crippen LogP) is 1.49. The Labute approximate surface area is 95.9 Å². The molecule has 1 aromatic heterocycles. The van der Waals surface area contributed by atoms with E-state index >= 15 is 0 Å². The number of pyridine rings is 1. The molecule has 1 unspecified atom stereocenters. The minimum absolute atomic E-state index is 0.0460. The Morgan fingerprint density at radius 2 is 2.25 bits per heavy atom. The van der Waals surface area contributed by atoms with Gasteiger partial charge in [-0.1, -0.05) is 6.92 Å². The second-order valence-corrected chi connectivity index (χ2v) is 3.91. The van der Waals surface area contributed by atoms with E-state index < -0.39 is 0 Å². The number of aliphatic hydroxyl groups excluding tert-OH is 1. The third-order valence-corrected chi connectivity index (χ3v) is 2.33. The van der Waals surface area contributed by atoms with Crippen molar-refractivity contribution >= 4 is 11.5 Å². The molecule has 0 radical (unpaired) electrons. The Bertz CT molecular complexity index is 347. The summed E-state index contributed by atoms with van der Waals surface area (Å²) >= 11 is 0. The zero-order valence-corrected chi connectivity index (χ0v) is 9.97. The predicted molar refractivity (Wildman–Crippen MR) is 63.8 cm³/mol. The molecule has 0 aliphatic carbocycles. The van der Waals surface area contributed by atoms with Gasteiger partial charge in [-0.25, -0.2) is 0 Å². The topological polar surface area (TPSA) is 53.4 Å². The zero-order chi connectivity index (χ0) is 12.1. The lowest BCUT2D eigenvalue weighted by Gasteiger charge is -2.20. The number of hydrogen-bond acceptors (Lipinski definition) is 4. The SMILES string of the molecule is CCC(=O)c1ccc(N(C)CC(C)O)cn1. The van der Waals surface area contributed by atoms with Gasteiger partial charge in [0.2, 0.25) is 0 Å². The molecule has 88 valence electrons. The van der Waals surface area contributed by atoms with Crippen LogP contribution in [-0.4, -0.2) is 35.6 Å². The molecule has 0 saturated heterocycles. The normalized spacial score (nSPS) is 12.2. The Morgan fingerprint density at radius 3 is 2.69 bits per heavy atom. The van der Waals surface area contributed by atoms with Gasteiger partial charge in [0.25, 0.3) is 0 Å². The van der Waals surface area contributed by atoms with Crippen LogP contribution >= 0.6 is 0 Å². The summed E-state index contributed by atoms with van der Waals surface area (Å²) in [5.74, 6) is 0.0460. The third-order valence-electron chi connectivity index (χ3n) is 2.33. The Hall–Kier alpha value is -1.42. The van der Waals surface area contributed by atoms with Crippen molar-refractivity contribution in [1.82, 2.24) is 4.98 Å². The van der Waals surface area contributed by atoms with E-state index in [4.69, 9.17) is 0 Å². The van der Waals surface area contributed by atoms with Crippen molar-refractivity contribution in [2.75, 3.05) is 18.5 Å². The number of Topliss-reactive ketones (excluding diaryl/α,β-unsaturated/α-hetero) is 1. The number of rotatable bonds is 5. The fraction of sp³-hybridized carbons (Fsp3) is 0.500. The molecule has 0 aliphatic rings. The maximum Gasteiger partial charge on any atom is 0.180 e. The molecule has 0 bridgehead atoms. The number of aromatic nitrogens is 1.